The Morgan fingerprint density at radius 3 is 2.24 bits per heavy atom. The van der Waals surface area contributed by atoms with E-state index in [4.69, 9.17) is 17.2 Å². The molecule has 3 rings (SSSR count). The predicted octanol–water partition coefficient (Wildman–Crippen LogP) is 0.754. The number of aryl methyl sites for hydroxylation is 1. The van der Waals surface area contributed by atoms with E-state index in [1.165, 1.54) is 4.90 Å². The number of nitrogens with two attached hydrogens (primary N) is 3. The number of anilines is 1. The molecule has 3 aromatic rings. The summed E-state index contributed by atoms with van der Waals surface area (Å²) in [6.07, 6.45) is 0.673. The summed E-state index contributed by atoms with van der Waals surface area (Å²) < 4.78 is 0. The highest BCUT2D eigenvalue weighted by Gasteiger charge is 2.26. The minimum absolute atomic E-state index is 0.217. The van der Waals surface area contributed by atoms with E-state index in [9.17, 15) is 14.4 Å². The van der Waals surface area contributed by atoms with Crippen LogP contribution in [0.1, 0.15) is 18.4 Å². The normalized spacial score (nSPS) is 12.5. The van der Waals surface area contributed by atoms with Crippen molar-refractivity contribution in [2.24, 2.45) is 17.2 Å². The van der Waals surface area contributed by atoms with Gasteiger partial charge in [0, 0.05) is 31.6 Å². The van der Waals surface area contributed by atoms with Crippen molar-refractivity contribution in [2.75, 3.05) is 31.5 Å². The van der Waals surface area contributed by atoms with Crippen LogP contribution < -0.4 is 27.8 Å². The Bertz CT molecular complexity index is 1180. The number of amides is 3. The van der Waals surface area contributed by atoms with E-state index in [2.05, 4.69) is 15.6 Å². The number of hydrogen-bond acceptors (Lipinski definition) is 7. The highest BCUT2D eigenvalue weighted by atomic mass is 16.2. The summed E-state index contributed by atoms with van der Waals surface area (Å²) in [5.41, 5.74) is 19.0. The molecular weight excluding hydrogens is 470 g/mol. The third-order valence-corrected chi connectivity index (χ3v) is 5.93. The van der Waals surface area contributed by atoms with Crippen LogP contribution in [0.5, 0.6) is 0 Å². The Balaban J connectivity index is 1.69. The molecule has 2 atom stereocenters. The monoisotopic (exact) mass is 505 g/mol. The van der Waals surface area contributed by atoms with Gasteiger partial charge in [0.2, 0.25) is 17.7 Å². The van der Waals surface area contributed by atoms with Gasteiger partial charge < -0.3 is 32.7 Å². The lowest BCUT2D eigenvalue weighted by atomic mass is 10.0. The zero-order chi connectivity index (χ0) is 26.6. The first-order valence-corrected chi connectivity index (χ1v) is 12.4. The zero-order valence-corrected chi connectivity index (χ0v) is 20.8. The average molecular weight is 506 g/mol. The number of carbonyl (C=O) groups is 3. The zero-order valence-electron chi connectivity index (χ0n) is 20.8. The van der Waals surface area contributed by atoms with Crippen molar-refractivity contribution in [2.45, 2.75) is 31.3 Å². The van der Waals surface area contributed by atoms with Crippen molar-refractivity contribution in [3.8, 4) is 0 Å². The average Bonchev–Trinajstić information content (AvgIpc) is 2.91. The van der Waals surface area contributed by atoms with Crippen LogP contribution in [0.4, 0.5) is 5.82 Å². The SMILES string of the molecule is NCCN(CCN)C(=O)C[C@H](N)C(=O)N[C@@H](CCc1ccccc1)C(=O)Nc1ccc2ccccc2n1. The Morgan fingerprint density at radius 2 is 1.54 bits per heavy atom. The maximum absolute atomic E-state index is 13.2. The van der Waals surface area contributed by atoms with Gasteiger partial charge in [0.25, 0.3) is 0 Å². The quantitative estimate of drug-likeness (QED) is 0.228. The molecule has 0 aliphatic heterocycles. The van der Waals surface area contributed by atoms with Crippen molar-refractivity contribution in [3.05, 3.63) is 72.3 Å². The smallest absolute Gasteiger partial charge is 0.248 e. The Hall–Kier alpha value is -3.86. The molecule has 2 aromatic carbocycles. The van der Waals surface area contributed by atoms with Gasteiger partial charge in [0.1, 0.15) is 11.9 Å². The van der Waals surface area contributed by atoms with E-state index in [1.54, 1.807) is 6.07 Å². The molecule has 10 nitrogen and oxygen atoms in total. The second kappa shape index (κ2) is 14.0. The van der Waals surface area contributed by atoms with Crippen LogP contribution in [0.2, 0.25) is 0 Å². The third kappa shape index (κ3) is 8.35. The first kappa shape index (κ1) is 27.7. The van der Waals surface area contributed by atoms with Gasteiger partial charge in [-0.25, -0.2) is 4.98 Å². The Morgan fingerprint density at radius 1 is 0.865 bits per heavy atom. The highest BCUT2D eigenvalue weighted by Crippen LogP contribution is 2.15. The fraction of sp³-hybridized carbons (Fsp3) is 0.333. The maximum atomic E-state index is 13.2. The molecular formula is C27H35N7O3. The number of carbonyl (C=O) groups excluding carboxylic acids is 3. The standard InChI is InChI=1S/C27H35N7O3/c28-14-16-34(17-15-29)25(35)18-21(30)26(36)32-23(12-10-19-6-2-1-3-7-19)27(37)33-24-13-11-20-8-4-5-9-22(20)31-24/h1-9,11,13,21,23H,10,12,14-18,28-30H2,(H,32,36)(H,31,33,37)/t21-,23-/m0/s1. The maximum Gasteiger partial charge on any atom is 0.248 e. The molecule has 37 heavy (non-hydrogen) atoms. The molecule has 0 saturated heterocycles. The molecule has 0 unspecified atom stereocenters. The van der Waals surface area contributed by atoms with Gasteiger partial charge in [-0.1, -0.05) is 48.5 Å². The summed E-state index contributed by atoms with van der Waals surface area (Å²) in [4.78, 5) is 44.7. The van der Waals surface area contributed by atoms with E-state index in [0.717, 1.165) is 16.5 Å². The minimum atomic E-state index is -1.13. The van der Waals surface area contributed by atoms with Crippen LogP contribution in [0, 0.1) is 0 Å². The van der Waals surface area contributed by atoms with Gasteiger partial charge in [0.05, 0.1) is 18.0 Å². The number of fused-ring (bicyclic) bond motifs is 1. The number of benzene rings is 2. The van der Waals surface area contributed by atoms with Gasteiger partial charge in [-0.2, -0.15) is 0 Å². The van der Waals surface area contributed by atoms with E-state index in [0.29, 0.717) is 31.7 Å². The van der Waals surface area contributed by atoms with Gasteiger partial charge in [-0.15, -0.1) is 0 Å². The third-order valence-electron chi connectivity index (χ3n) is 5.93. The summed E-state index contributed by atoms with van der Waals surface area (Å²) in [7, 11) is 0. The number of aromatic nitrogens is 1. The van der Waals surface area contributed by atoms with Crippen LogP contribution in [0.15, 0.2) is 66.7 Å². The Labute approximate surface area is 216 Å². The number of para-hydroxylation sites is 1. The second-order valence-corrected chi connectivity index (χ2v) is 8.73. The van der Waals surface area contributed by atoms with E-state index < -0.39 is 23.9 Å². The molecule has 0 aliphatic rings. The van der Waals surface area contributed by atoms with Crippen molar-refractivity contribution in [3.63, 3.8) is 0 Å². The summed E-state index contributed by atoms with van der Waals surface area (Å²) in [6, 6.07) is 18.8. The second-order valence-electron chi connectivity index (χ2n) is 8.73. The number of rotatable bonds is 13. The predicted molar refractivity (Wildman–Crippen MR) is 144 cm³/mol. The first-order valence-electron chi connectivity index (χ1n) is 12.4. The minimum Gasteiger partial charge on any atom is -0.343 e. The molecule has 1 aromatic heterocycles. The van der Waals surface area contributed by atoms with Crippen molar-refractivity contribution in [1.29, 1.82) is 0 Å². The van der Waals surface area contributed by atoms with Crippen molar-refractivity contribution >= 4 is 34.4 Å². The summed E-state index contributed by atoms with van der Waals surface area (Å²) in [6.45, 7) is 1.20. The highest BCUT2D eigenvalue weighted by molar-refractivity contribution is 5.98. The first-order chi connectivity index (χ1) is 17.9. The molecule has 0 fully saturated rings. The fourth-order valence-corrected chi connectivity index (χ4v) is 3.94. The van der Waals surface area contributed by atoms with Gasteiger partial charge in [0.15, 0.2) is 0 Å². The lowest BCUT2D eigenvalue weighted by Gasteiger charge is -2.24. The van der Waals surface area contributed by atoms with Crippen LogP contribution in [0.3, 0.4) is 0 Å². The summed E-state index contributed by atoms with van der Waals surface area (Å²) in [5.74, 6) is -0.947. The fourth-order valence-electron chi connectivity index (χ4n) is 3.94. The lowest BCUT2D eigenvalue weighted by Crippen LogP contribution is -2.52. The van der Waals surface area contributed by atoms with Crippen LogP contribution in [-0.2, 0) is 20.8 Å². The Kier molecular flexibility index (Phi) is 10.5. The molecule has 0 aliphatic carbocycles. The number of nitrogens with zero attached hydrogens (tertiary/aromatic N) is 2. The lowest BCUT2D eigenvalue weighted by molar-refractivity contribution is -0.134. The number of pyridine rings is 1. The molecule has 0 spiro atoms. The molecule has 8 N–H and O–H groups in total. The van der Waals surface area contributed by atoms with Crippen LogP contribution >= 0.6 is 0 Å². The van der Waals surface area contributed by atoms with E-state index in [-0.39, 0.29) is 25.4 Å². The largest absolute Gasteiger partial charge is 0.343 e. The van der Waals surface area contributed by atoms with Gasteiger partial charge in [-0.05, 0) is 36.6 Å². The molecule has 3 amide bonds. The number of hydrogen-bond donors (Lipinski definition) is 5. The van der Waals surface area contributed by atoms with Gasteiger partial charge in [-0.3, -0.25) is 14.4 Å². The van der Waals surface area contributed by atoms with Gasteiger partial charge >= 0.3 is 0 Å². The van der Waals surface area contributed by atoms with Crippen LogP contribution in [-0.4, -0.2) is 65.9 Å². The topological polar surface area (TPSA) is 169 Å². The summed E-state index contributed by atoms with van der Waals surface area (Å²) >= 11 is 0. The van der Waals surface area contributed by atoms with E-state index in [1.807, 2.05) is 60.7 Å². The summed E-state index contributed by atoms with van der Waals surface area (Å²) in [5, 5.41) is 6.47. The molecule has 0 radical (unpaired) electrons. The van der Waals surface area contributed by atoms with Crippen molar-refractivity contribution < 1.29 is 14.4 Å². The van der Waals surface area contributed by atoms with Crippen LogP contribution in [0.25, 0.3) is 10.9 Å². The molecule has 0 saturated carbocycles. The molecule has 196 valence electrons. The molecule has 10 heteroatoms. The number of nitrogens with one attached hydrogen (secondary N) is 2. The van der Waals surface area contributed by atoms with E-state index >= 15 is 0 Å². The van der Waals surface area contributed by atoms with Crippen molar-refractivity contribution in [1.82, 2.24) is 15.2 Å². The molecule has 1 heterocycles. The molecule has 0 bridgehead atoms.